The highest BCUT2D eigenvalue weighted by Gasteiger charge is 2.02. The van der Waals surface area contributed by atoms with Crippen molar-refractivity contribution in [3.8, 4) is 0 Å². The molecule has 3 aromatic rings. The van der Waals surface area contributed by atoms with Crippen molar-refractivity contribution in [3.63, 3.8) is 0 Å². The number of rotatable bonds is 3. The van der Waals surface area contributed by atoms with Crippen molar-refractivity contribution >= 4 is 22.7 Å². The molecular weight excluding hydrogens is 257 g/mol. The third-order valence-electron chi connectivity index (χ3n) is 2.92. The van der Waals surface area contributed by atoms with Gasteiger partial charge in [0.05, 0.1) is 5.52 Å². The number of hydrogen-bond acceptors (Lipinski definition) is 2. The van der Waals surface area contributed by atoms with Gasteiger partial charge in [0.25, 0.3) is 0 Å². The molecule has 0 atom stereocenters. The average Bonchev–Trinajstić information content (AvgIpc) is 2.47. The van der Waals surface area contributed by atoms with Crippen LogP contribution in [-0.4, -0.2) is 4.98 Å². The highest BCUT2D eigenvalue weighted by Crippen LogP contribution is 2.29. The maximum atomic E-state index is 12.8. The number of hydrogen-bond donors (Lipinski definition) is 0. The Morgan fingerprint density at radius 1 is 0.947 bits per heavy atom. The molecule has 3 heteroatoms. The van der Waals surface area contributed by atoms with Gasteiger partial charge in [-0.1, -0.05) is 30.3 Å². The van der Waals surface area contributed by atoms with Crippen LogP contribution in [0, 0.1) is 5.82 Å². The van der Waals surface area contributed by atoms with Crippen LogP contribution in [0.4, 0.5) is 4.39 Å². The van der Waals surface area contributed by atoms with Crippen LogP contribution in [-0.2, 0) is 5.75 Å². The fraction of sp³-hybridized carbons (Fsp3) is 0.0625. The van der Waals surface area contributed by atoms with Gasteiger partial charge in [0.15, 0.2) is 0 Å². The van der Waals surface area contributed by atoms with Gasteiger partial charge in [-0.2, -0.15) is 0 Å². The monoisotopic (exact) mass is 269 g/mol. The number of aromatic nitrogens is 1. The largest absolute Gasteiger partial charge is 0.256 e. The molecule has 1 nitrogen and oxygen atoms in total. The van der Waals surface area contributed by atoms with Crippen LogP contribution in [0.2, 0.25) is 0 Å². The predicted octanol–water partition coefficient (Wildman–Crippen LogP) is 4.67. The summed E-state index contributed by atoms with van der Waals surface area (Å²) >= 11 is 1.75. The third-order valence-corrected chi connectivity index (χ3v) is 4.06. The number of pyridine rings is 1. The Labute approximate surface area is 115 Å². The fourth-order valence-corrected chi connectivity index (χ4v) is 2.94. The van der Waals surface area contributed by atoms with Crippen LogP contribution >= 0.6 is 11.8 Å². The number of halogens is 1. The van der Waals surface area contributed by atoms with E-state index in [1.54, 1.807) is 11.8 Å². The minimum atomic E-state index is -0.192. The zero-order chi connectivity index (χ0) is 13.1. The van der Waals surface area contributed by atoms with E-state index in [0.29, 0.717) is 0 Å². The first-order chi connectivity index (χ1) is 9.33. The summed E-state index contributed by atoms with van der Waals surface area (Å²) in [6.45, 7) is 0. The molecule has 0 aliphatic carbocycles. The van der Waals surface area contributed by atoms with E-state index in [1.807, 2.05) is 42.6 Å². The molecule has 0 radical (unpaired) electrons. The SMILES string of the molecule is Fc1ccc(CSc2ccnc3ccccc23)cc1. The maximum absolute atomic E-state index is 12.8. The Hall–Kier alpha value is -1.87. The van der Waals surface area contributed by atoms with E-state index >= 15 is 0 Å². The minimum absolute atomic E-state index is 0.192. The molecule has 0 fully saturated rings. The van der Waals surface area contributed by atoms with Crippen LogP contribution in [0.5, 0.6) is 0 Å². The van der Waals surface area contributed by atoms with Crippen molar-refractivity contribution in [2.45, 2.75) is 10.6 Å². The molecule has 0 saturated carbocycles. The molecule has 1 heterocycles. The van der Waals surface area contributed by atoms with Gasteiger partial charge in [-0.05, 0) is 29.8 Å². The summed E-state index contributed by atoms with van der Waals surface area (Å²) in [7, 11) is 0. The lowest BCUT2D eigenvalue weighted by atomic mass is 10.2. The number of nitrogens with zero attached hydrogens (tertiary/aromatic N) is 1. The molecule has 0 saturated heterocycles. The molecule has 0 spiro atoms. The summed E-state index contributed by atoms with van der Waals surface area (Å²) in [5.74, 6) is 0.636. The van der Waals surface area contributed by atoms with Crippen LogP contribution in [0.1, 0.15) is 5.56 Å². The zero-order valence-corrected chi connectivity index (χ0v) is 11.0. The Balaban J connectivity index is 1.84. The second-order valence-corrected chi connectivity index (χ2v) is 5.26. The Morgan fingerprint density at radius 2 is 1.74 bits per heavy atom. The smallest absolute Gasteiger partial charge is 0.123 e. The first-order valence-electron chi connectivity index (χ1n) is 6.04. The van der Waals surface area contributed by atoms with Gasteiger partial charge in [0.2, 0.25) is 0 Å². The molecule has 0 aliphatic heterocycles. The van der Waals surface area contributed by atoms with Crippen molar-refractivity contribution in [2.75, 3.05) is 0 Å². The average molecular weight is 269 g/mol. The lowest BCUT2D eigenvalue weighted by Gasteiger charge is -2.05. The quantitative estimate of drug-likeness (QED) is 0.641. The van der Waals surface area contributed by atoms with Crippen molar-refractivity contribution in [1.82, 2.24) is 4.98 Å². The first kappa shape index (κ1) is 12.2. The number of benzene rings is 2. The number of para-hydroxylation sites is 1. The molecule has 0 N–H and O–H groups in total. The predicted molar refractivity (Wildman–Crippen MR) is 77.7 cm³/mol. The summed E-state index contributed by atoms with van der Waals surface area (Å²) in [5.41, 5.74) is 2.12. The summed E-state index contributed by atoms with van der Waals surface area (Å²) in [6, 6.07) is 16.8. The number of fused-ring (bicyclic) bond motifs is 1. The highest BCUT2D eigenvalue weighted by atomic mass is 32.2. The van der Waals surface area contributed by atoms with Crippen LogP contribution in [0.15, 0.2) is 65.7 Å². The van der Waals surface area contributed by atoms with Crippen molar-refractivity contribution < 1.29 is 4.39 Å². The molecule has 1 aromatic heterocycles. The Bertz CT molecular complexity index is 689. The molecule has 0 aliphatic rings. The van der Waals surface area contributed by atoms with Gasteiger partial charge in [-0.15, -0.1) is 11.8 Å². The number of thioether (sulfide) groups is 1. The summed E-state index contributed by atoms with van der Waals surface area (Å²) < 4.78 is 12.8. The van der Waals surface area contributed by atoms with Gasteiger partial charge in [-0.25, -0.2) is 4.39 Å². The van der Waals surface area contributed by atoms with Crippen LogP contribution in [0.25, 0.3) is 10.9 Å². The molecule has 19 heavy (non-hydrogen) atoms. The third kappa shape index (κ3) is 2.76. The van der Waals surface area contributed by atoms with E-state index in [1.165, 1.54) is 17.0 Å². The lowest BCUT2D eigenvalue weighted by molar-refractivity contribution is 0.627. The lowest BCUT2D eigenvalue weighted by Crippen LogP contribution is -1.84. The molecule has 2 aromatic carbocycles. The van der Waals surface area contributed by atoms with Gasteiger partial charge in [0.1, 0.15) is 5.82 Å². The van der Waals surface area contributed by atoms with E-state index in [9.17, 15) is 4.39 Å². The molecule has 0 unspecified atom stereocenters. The molecule has 0 amide bonds. The second-order valence-electron chi connectivity index (χ2n) is 4.24. The van der Waals surface area contributed by atoms with Crippen molar-refractivity contribution in [3.05, 3.63) is 72.2 Å². The van der Waals surface area contributed by atoms with Gasteiger partial charge in [-0.3, -0.25) is 4.98 Å². The van der Waals surface area contributed by atoms with E-state index < -0.39 is 0 Å². The van der Waals surface area contributed by atoms with Crippen molar-refractivity contribution in [2.24, 2.45) is 0 Å². The second kappa shape index (κ2) is 5.41. The molecule has 3 rings (SSSR count). The molecular formula is C16H12FNS. The van der Waals surface area contributed by atoms with E-state index in [2.05, 4.69) is 11.1 Å². The summed E-state index contributed by atoms with van der Waals surface area (Å²) in [5, 5.41) is 1.16. The summed E-state index contributed by atoms with van der Waals surface area (Å²) in [4.78, 5) is 5.55. The van der Waals surface area contributed by atoms with E-state index in [-0.39, 0.29) is 5.82 Å². The van der Waals surface area contributed by atoms with Gasteiger partial charge < -0.3 is 0 Å². The molecule has 0 bridgehead atoms. The molecule has 94 valence electrons. The van der Waals surface area contributed by atoms with Gasteiger partial charge in [0, 0.05) is 22.2 Å². The van der Waals surface area contributed by atoms with Crippen LogP contribution in [0.3, 0.4) is 0 Å². The standard InChI is InChI=1S/C16H12FNS/c17-13-7-5-12(6-8-13)11-19-16-9-10-18-15-4-2-1-3-14(15)16/h1-10H,11H2. The Kier molecular flexibility index (Phi) is 3.47. The minimum Gasteiger partial charge on any atom is -0.256 e. The summed E-state index contributed by atoms with van der Waals surface area (Å²) in [6.07, 6.45) is 1.83. The van der Waals surface area contributed by atoms with E-state index in [4.69, 9.17) is 0 Å². The first-order valence-corrected chi connectivity index (χ1v) is 7.02. The van der Waals surface area contributed by atoms with Gasteiger partial charge >= 0.3 is 0 Å². The van der Waals surface area contributed by atoms with Crippen LogP contribution < -0.4 is 0 Å². The van der Waals surface area contributed by atoms with E-state index in [0.717, 1.165) is 22.2 Å². The fourth-order valence-electron chi connectivity index (χ4n) is 1.94. The topological polar surface area (TPSA) is 12.9 Å². The highest BCUT2D eigenvalue weighted by molar-refractivity contribution is 7.98. The zero-order valence-electron chi connectivity index (χ0n) is 10.2. The Morgan fingerprint density at radius 3 is 2.58 bits per heavy atom. The normalized spacial score (nSPS) is 10.8. The maximum Gasteiger partial charge on any atom is 0.123 e. The van der Waals surface area contributed by atoms with Crippen molar-refractivity contribution in [1.29, 1.82) is 0 Å².